The zero-order valence-electron chi connectivity index (χ0n) is 23.2. The fourth-order valence-corrected chi connectivity index (χ4v) is 11.3. The molecule has 2 bridgehead atoms. The molecule has 0 radical (unpaired) electrons. The number of thioether (sulfide) groups is 1. The van der Waals surface area contributed by atoms with Crippen molar-refractivity contribution in [3.63, 3.8) is 0 Å². The second-order valence-electron chi connectivity index (χ2n) is 11.8. The zero-order chi connectivity index (χ0) is 31.1. The highest BCUT2D eigenvalue weighted by Gasteiger charge is 2.69. The largest absolute Gasteiger partial charge is 0.489 e. The molecular weight excluding hydrogens is 657 g/mol. The predicted octanol–water partition coefficient (Wildman–Crippen LogP) is 6.91. The van der Waals surface area contributed by atoms with E-state index < -0.39 is 16.8 Å². The average Bonchev–Trinajstić information content (AvgIpc) is 3.75. The number of hydrogen-bond acceptors (Lipinski definition) is 8. The van der Waals surface area contributed by atoms with Gasteiger partial charge in [0.25, 0.3) is 5.69 Å². The maximum atomic E-state index is 14.0. The lowest BCUT2D eigenvalue weighted by Crippen LogP contribution is -2.42. The van der Waals surface area contributed by atoms with E-state index in [0.717, 1.165) is 38.8 Å². The number of hydrogen-bond donors (Lipinski definition) is 1. The number of anilines is 1. The Morgan fingerprint density at radius 1 is 0.956 bits per heavy atom. The Hall–Kier alpha value is -3.64. The van der Waals surface area contributed by atoms with Crippen LogP contribution in [-0.2, 0) is 16.2 Å². The van der Waals surface area contributed by atoms with E-state index in [4.69, 9.17) is 27.9 Å². The molecule has 7 atom stereocenters. The van der Waals surface area contributed by atoms with Crippen LogP contribution in [0.5, 0.6) is 5.75 Å². The van der Waals surface area contributed by atoms with Crippen molar-refractivity contribution in [3.05, 3.63) is 113 Å². The molecule has 8 rings (SSSR count). The number of rotatable bonds is 6. The number of amides is 2. The number of ether oxygens (including phenoxy) is 1. The van der Waals surface area contributed by atoms with Crippen molar-refractivity contribution in [1.29, 1.82) is 0 Å². The van der Waals surface area contributed by atoms with E-state index in [1.807, 2.05) is 30.3 Å². The SMILES string of the molecule is O=C1[C@H]2[C@H]3C[C@@H]([C@@H]2C(=O)N1c1ccc([N+](=O)[O-])cc1)[C@H]1[C@H](c2cc(Cl)ccc2OCc2cccc(Cl)c2)c2sc(=O)[nH]c2S[C@H]31. The van der Waals surface area contributed by atoms with Gasteiger partial charge in [0.15, 0.2) is 0 Å². The summed E-state index contributed by atoms with van der Waals surface area (Å²) in [6.45, 7) is 0.273. The molecule has 3 fully saturated rings. The Morgan fingerprint density at radius 2 is 1.69 bits per heavy atom. The molecule has 4 aliphatic rings. The fraction of sp³-hybridized carbons (Fsp3) is 0.281. The summed E-state index contributed by atoms with van der Waals surface area (Å²) in [4.78, 5) is 56.3. The first kappa shape index (κ1) is 28.8. The molecule has 2 saturated carbocycles. The molecule has 9 nitrogen and oxygen atoms in total. The lowest BCUT2D eigenvalue weighted by molar-refractivity contribution is -0.384. The normalized spacial score (nSPS) is 27.8. The summed E-state index contributed by atoms with van der Waals surface area (Å²) in [5.74, 6) is -1.45. The lowest BCUT2D eigenvalue weighted by Gasteiger charge is -2.43. The van der Waals surface area contributed by atoms with Crippen molar-refractivity contribution in [2.24, 2.45) is 29.6 Å². The number of non-ortho nitro benzene ring substituents is 1. The number of nitro groups is 1. The smallest absolute Gasteiger partial charge is 0.305 e. The number of H-pyrrole nitrogens is 1. The van der Waals surface area contributed by atoms with Gasteiger partial charge in [0.1, 0.15) is 12.4 Å². The van der Waals surface area contributed by atoms with Gasteiger partial charge in [0, 0.05) is 43.8 Å². The molecule has 4 aromatic rings. The van der Waals surface area contributed by atoms with Gasteiger partial charge < -0.3 is 9.72 Å². The molecule has 2 aliphatic carbocycles. The van der Waals surface area contributed by atoms with Crippen LogP contribution in [0.4, 0.5) is 11.4 Å². The molecule has 0 unspecified atom stereocenters. The van der Waals surface area contributed by atoms with Gasteiger partial charge in [-0.05, 0) is 72.2 Å². The van der Waals surface area contributed by atoms with Crippen molar-refractivity contribution in [2.45, 2.75) is 29.2 Å². The Labute approximate surface area is 274 Å². The zero-order valence-corrected chi connectivity index (χ0v) is 26.4. The van der Waals surface area contributed by atoms with Crippen molar-refractivity contribution >= 4 is 69.5 Å². The van der Waals surface area contributed by atoms with Crippen molar-refractivity contribution in [2.75, 3.05) is 4.90 Å². The number of nitrogens with zero attached hydrogens (tertiary/aromatic N) is 2. The summed E-state index contributed by atoms with van der Waals surface area (Å²) in [7, 11) is 0. The predicted molar refractivity (Wildman–Crippen MR) is 171 cm³/mol. The van der Waals surface area contributed by atoms with Gasteiger partial charge in [-0.3, -0.25) is 29.4 Å². The summed E-state index contributed by atoms with van der Waals surface area (Å²) in [6.07, 6.45) is 0.720. The quantitative estimate of drug-likeness (QED) is 0.133. The molecule has 0 spiro atoms. The molecule has 3 heterocycles. The Bertz CT molecular complexity index is 1960. The molecule has 1 N–H and O–H groups in total. The van der Waals surface area contributed by atoms with Crippen LogP contribution in [0.2, 0.25) is 10.0 Å². The van der Waals surface area contributed by atoms with E-state index >= 15 is 0 Å². The number of carbonyl (C=O) groups excluding carboxylic acids is 2. The maximum absolute atomic E-state index is 14.0. The minimum atomic E-state index is -0.519. The third-order valence-corrected chi connectivity index (χ3v) is 12.7. The molecule has 45 heavy (non-hydrogen) atoms. The molecule has 228 valence electrons. The first-order valence-electron chi connectivity index (χ1n) is 14.4. The number of fused-ring (bicyclic) bond motifs is 9. The van der Waals surface area contributed by atoms with Crippen LogP contribution in [0, 0.1) is 39.7 Å². The molecule has 1 saturated heterocycles. The number of thiazole rings is 1. The minimum absolute atomic E-state index is 0.0210. The molecule has 1 aromatic heterocycles. The summed E-state index contributed by atoms with van der Waals surface area (Å²) < 4.78 is 6.38. The topological polar surface area (TPSA) is 123 Å². The van der Waals surface area contributed by atoms with Crippen LogP contribution in [0.3, 0.4) is 0 Å². The third kappa shape index (κ3) is 4.54. The van der Waals surface area contributed by atoms with Crippen LogP contribution < -0.4 is 14.5 Å². The van der Waals surface area contributed by atoms with Gasteiger partial charge in [0.05, 0.1) is 27.5 Å². The van der Waals surface area contributed by atoms with Crippen molar-refractivity contribution in [1.82, 2.24) is 4.98 Å². The Kier molecular flexibility index (Phi) is 6.86. The number of aromatic nitrogens is 1. The average molecular weight is 681 g/mol. The molecule has 13 heteroatoms. The van der Waals surface area contributed by atoms with Gasteiger partial charge in [-0.25, -0.2) is 0 Å². The monoisotopic (exact) mass is 679 g/mol. The highest BCUT2D eigenvalue weighted by Crippen LogP contribution is 2.69. The maximum Gasteiger partial charge on any atom is 0.305 e. The summed E-state index contributed by atoms with van der Waals surface area (Å²) in [5, 5.41) is 13.1. The van der Waals surface area contributed by atoms with Crippen LogP contribution >= 0.6 is 46.3 Å². The standard InChI is InChI=1S/C32H23Cl2N3O6S2/c33-15-3-1-2-14(10-15)13-43-22-9-4-16(34)11-19(22)23-24-20-12-21(27(24)44-29-28(23)45-32(40)35-29)26-25(20)30(38)36(31(26)39)17-5-7-18(8-6-17)37(41)42/h1-11,20-21,23-27H,12-13H2,(H,35,40)/t20-,21-,23+,24+,25+,26+,27-/m1/s1. The minimum Gasteiger partial charge on any atom is -0.489 e. The number of nitro benzene ring substituents is 1. The van der Waals surface area contributed by atoms with E-state index in [2.05, 4.69) is 4.98 Å². The third-order valence-electron chi connectivity index (χ3n) is 9.63. The van der Waals surface area contributed by atoms with Crippen LogP contribution in [-0.4, -0.2) is 27.0 Å². The van der Waals surface area contributed by atoms with Crippen molar-refractivity contribution < 1.29 is 19.2 Å². The van der Waals surface area contributed by atoms with Gasteiger partial charge in [0.2, 0.25) is 11.8 Å². The summed E-state index contributed by atoms with van der Waals surface area (Å²) in [5.41, 5.74) is 1.96. The Morgan fingerprint density at radius 3 is 2.42 bits per heavy atom. The summed E-state index contributed by atoms with van der Waals surface area (Å²) >= 11 is 15.5. The molecule has 2 amide bonds. The number of nitrogens with one attached hydrogen (secondary N) is 1. The second-order valence-corrected chi connectivity index (χ2v) is 14.9. The van der Waals surface area contributed by atoms with Gasteiger partial charge >= 0.3 is 4.87 Å². The number of aromatic amines is 1. The van der Waals surface area contributed by atoms with E-state index in [1.165, 1.54) is 29.2 Å². The first-order chi connectivity index (χ1) is 21.7. The highest BCUT2D eigenvalue weighted by molar-refractivity contribution is 8.00. The molecule has 2 aliphatic heterocycles. The molecule has 3 aromatic carbocycles. The fourth-order valence-electron chi connectivity index (χ4n) is 8.02. The number of benzene rings is 3. The van der Waals surface area contributed by atoms with E-state index in [9.17, 15) is 24.5 Å². The number of carbonyl (C=O) groups is 2. The molecular formula is C32H23Cl2N3O6S2. The van der Waals surface area contributed by atoms with Gasteiger partial charge in [-0.1, -0.05) is 46.7 Å². The van der Waals surface area contributed by atoms with Crippen LogP contribution in [0.15, 0.2) is 76.6 Å². The number of halogens is 2. The van der Waals surface area contributed by atoms with Crippen LogP contribution in [0.25, 0.3) is 0 Å². The first-order valence-corrected chi connectivity index (χ1v) is 16.8. The highest BCUT2D eigenvalue weighted by atomic mass is 35.5. The Balaban J connectivity index is 1.18. The van der Waals surface area contributed by atoms with E-state index in [-0.39, 0.29) is 57.9 Å². The van der Waals surface area contributed by atoms with Crippen LogP contribution in [0.1, 0.15) is 28.3 Å². The van der Waals surface area contributed by atoms with Gasteiger partial charge in [-0.2, -0.15) is 0 Å². The second kappa shape index (κ2) is 10.7. The lowest BCUT2D eigenvalue weighted by atomic mass is 9.68. The van der Waals surface area contributed by atoms with E-state index in [0.29, 0.717) is 21.5 Å². The van der Waals surface area contributed by atoms with E-state index in [1.54, 1.807) is 23.9 Å². The van der Waals surface area contributed by atoms with Gasteiger partial charge in [-0.15, -0.1) is 11.8 Å². The summed E-state index contributed by atoms with van der Waals surface area (Å²) in [6, 6.07) is 18.5. The van der Waals surface area contributed by atoms with Crippen molar-refractivity contribution in [3.8, 4) is 5.75 Å². The number of imide groups is 1.